The fourth-order valence-corrected chi connectivity index (χ4v) is 2.38. The van der Waals surface area contributed by atoms with Gasteiger partial charge in [0.25, 0.3) is 5.91 Å². The highest BCUT2D eigenvalue weighted by molar-refractivity contribution is 5.97. The van der Waals surface area contributed by atoms with Crippen molar-refractivity contribution in [1.29, 1.82) is 0 Å². The lowest BCUT2D eigenvalue weighted by Crippen LogP contribution is -2.24. The zero-order chi connectivity index (χ0) is 18.5. The number of hydrogen-bond donors (Lipinski definition) is 1. The summed E-state index contributed by atoms with van der Waals surface area (Å²) in [5.74, 6) is 0.0312. The standard InChI is InChI=1S/C19H17N3O4/c1-12-6-5-7-14(10-12)18-21-17(26-22-18)11-20-19(24)15-8-3-4-9-16(15)25-13(2)23/h3-10H,11H2,1-2H3,(H,20,24). The highest BCUT2D eigenvalue weighted by Gasteiger charge is 2.15. The molecule has 3 rings (SSSR count). The summed E-state index contributed by atoms with van der Waals surface area (Å²) in [7, 11) is 0. The van der Waals surface area contributed by atoms with Crippen LogP contribution in [0.2, 0.25) is 0 Å². The Bertz CT molecular complexity index is 949. The van der Waals surface area contributed by atoms with Crippen LogP contribution in [0.5, 0.6) is 5.75 Å². The summed E-state index contributed by atoms with van der Waals surface area (Å²) in [4.78, 5) is 27.8. The Morgan fingerprint density at radius 1 is 1.15 bits per heavy atom. The largest absolute Gasteiger partial charge is 0.426 e. The van der Waals surface area contributed by atoms with Crippen LogP contribution in [0.25, 0.3) is 11.4 Å². The van der Waals surface area contributed by atoms with Crippen LogP contribution in [0, 0.1) is 6.92 Å². The molecule has 2 aromatic carbocycles. The van der Waals surface area contributed by atoms with Crippen LogP contribution in [-0.4, -0.2) is 22.0 Å². The van der Waals surface area contributed by atoms with Crippen molar-refractivity contribution < 1.29 is 18.8 Å². The molecule has 26 heavy (non-hydrogen) atoms. The van der Waals surface area contributed by atoms with E-state index in [4.69, 9.17) is 9.26 Å². The van der Waals surface area contributed by atoms with E-state index in [2.05, 4.69) is 15.5 Å². The molecule has 0 aliphatic carbocycles. The molecule has 1 aromatic heterocycles. The van der Waals surface area contributed by atoms with E-state index in [1.165, 1.54) is 6.92 Å². The molecule has 0 saturated carbocycles. The molecule has 0 atom stereocenters. The van der Waals surface area contributed by atoms with E-state index in [0.717, 1.165) is 11.1 Å². The molecular formula is C19H17N3O4. The van der Waals surface area contributed by atoms with E-state index in [1.807, 2.05) is 31.2 Å². The van der Waals surface area contributed by atoms with Gasteiger partial charge in [0, 0.05) is 12.5 Å². The van der Waals surface area contributed by atoms with Gasteiger partial charge in [0.2, 0.25) is 11.7 Å². The van der Waals surface area contributed by atoms with Crippen LogP contribution in [0.3, 0.4) is 0 Å². The zero-order valence-electron chi connectivity index (χ0n) is 14.4. The molecule has 0 fully saturated rings. The number of rotatable bonds is 5. The summed E-state index contributed by atoms with van der Waals surface area (Å²) in [6, 6.07) is 14.2. The lowest BCUT2D eigenvalue weighted by atomic mass is 10.1. The molecule has 7 nitrogen and oxygen atoms in total. The highest BCUT2D eigenvalue weighted by Crippen LogP contribution is 2.19. The van der Waals surface area contributed by atoms with Crippen LogP contribution >= 0.6 is 0 Å². The molecule has 0 spiro atoms. The number of para-hydroxylation sites is 1. The monoisotopic (exact) mass is 351 g/mol. The van der Waals surface area contributed by atoms with Crippen molar-refractivity contribution in [2.75, 3.05) is 0 Å². The second-order valence-corrected chi connectivity index (χ2v) is 5.65. The molecule has 0 unspecified atom stereocenters. The van der Waals surface area contributed by atoms with Gasteiger partial charge >= 0.3 is 5.97 Å². The minimum absolute atomic E-state index is 0.0616. The molecule has 132 valence electrons. The quantitative estimate of drug-likeness (QED) is 0.561. The number of carbonyl (C=O) groups is 2. The lowest BCUT2D eigenvalue weighted by Gasteiger charge is -2.08. The average molecular weight is 351 g/mol. The highest BCUT2D eigenvalue weighted by atomic mass is 16.5. The van der Waals surface area contributed by atoms with E-state index in [0.29, 0.717) is 5.82 Å². The van der Waals surface area contributed by atoms with Gasteiger partial charge in [0.05, 0.1) is 12.1 Å². The maximum Gasteiger partial charge on any atom is 0.308 e. The maximum atomic E-state index is 12.3. The van der Waals surface area contributed by atoms with Gasteiger partial charge in [0.1, 0.15) is 5.75 Å². The Labute approximate surface area is 150 Å². The van der Waals surface area contributed by atoms with Crippen molar-refractivity contribution in [2.24, 2.45) is 0 Å². The van der Waals surface area contributed by atoms with Gasteiger partial charge in [-0.1, -0.05) is 41.1 Å². The van der Waals surface area contributed by atoms with E-state index in [1.54, 1.807) is 24.3 Å². The van der Waals surface area contributed by atoms with Crippen molar-refractivity contribution in [3.8, 4) is 17.1 Å². The number of aromatic nitrogens is 2. The molecule has 0 aliphatic heterocycles. The smallest absolute Gasteiger partial charge is 0.308 e. The molecule has 0 aliphatic rings. The number of ether oxygens (including phenoxy) is 1. The number of nitrogens with one attached hydrogen (secondary N) is 1. The Hall–Kier alpha value is -3.48. The first-order valence-corrected chi connectivity index (χ1v) is 7.98. The Kier molecular flexibility index (Phi) is 5.07. The van der Waals surface area contributed by atoms with Crippen LogP contribution in [0.4, 0.5) is 0 Å². The summed E-state index contributed by atoms with van der Waals surface area (Å²) in [5.41, 5.74) is 2.18. The van der Waals surface area contributed by atoms with Gasteiger partial charge < -0.3 is 14.6 Å². The number of benzene rings is 2. The normalized spacial score (nSPS) is 10.4. The van der Waals surface area contributed by atoms with E-state index in [-0.39, 0.29) is 23.7 Å². The van der Waals surface area contributed by atoms with Gasteiger partial charge in [-0.15, -0.1) is 0 Å². The summed E-state index contributed by atoms with van der Waals surface area (Å²) in [6.45, 7) is 3.32. The van der Waals surface area contributed by atoms with E-state index < -0.39 is 11.9 Å². The topological polar surface area (TPSA) is 94.3 Å². The number of aryl methyl sites for hydroxylation is 1. The molecule has 0 bridgehead atoms. The second kappa shape index (κ2) is 7.60. The number of amides is 1. The third-order valence-corrected chi connectivity index (χ3v) is 3.53. The first-order chi connectivity index (χ1) is 12.5. The first kappa shape index (κ1) is 17.3. The van der Waals surface area contributed by atoms with Gasteiger partial charge in [-0.25, -0.2) is 0 Å². The SMILES string of the molecule is CC(=O)Oc1ccccc1C(=O)NCc1nc(-c2cccc(C)c2)no1. The second-order valence-electron chi connectivity index (χ2n) is 5.65. The van der Waals surface area contributed by atoms with Crippen LogP contribution in [0.1, 0.15) is 28.7 Å². The maximum absolute atomic E-state index is 12.3. The molecular weight excluding hydrogens is 334 g/mol. The van der Waals surface area contributed by atoms with Crippen molar-refractivity contribution >= 4 is 11.9 Å². The molecule has 3 aromatic rings. The zero-order valence-corrected chi connectivity index (χ0v) is 14.4. The third kappa shape index (κ3) is 4.13. The minimum atomic E-state index is -0.495. The average Bonchev–Trinajstić information content (AvgIpc) is 3.09. The predicted octanol–water partition coefficient (Wildman–Crippen LogP) is 2.90. The molecule has 1 heterocycles. The molecule has 1 N–H and O–H groups in total. The van der Waals surface area contributed by atoms with Crippen LogP contribution < -0.4 is 10.1 Å². The van der Waals surface area contributed by atoms with Gasteiger partial charge in [-0.2, -0.15) is 4.98 Å². The number of nitrogens with zero attached hydrogens (tertiary/aromatic N) is 2. The van der Waals surface area contributed by atoms with Gasteiger partial charge in [-0.05, 0) is 25.1 Å². The Morgan fingerprint density at radius 2 is 1.96 bits per heavy atom. The van der Waals surface area contributed by atoms with Crippen LogP contribution in [-0.2, 0) is 11.3 Å². The fraction of sp³-hybridized carbons (Fsp3) is 0.158. The summed E-state index contributed by atoms with van der Waals surface area (Å²) in [6.07, 6.45) is 0. The van der Waals surface area contributed by atoms with E-state index in [9.17, 15) is 9.59 Å². The van der Waals surface area contributed by atoms with Crippen molar-refractivity contribution in [3.63, 3.8) is 0 Å². The van der Waals surface area contributed by atoms with Gasteiger partial charge in [0.15, 0.2) is 0 Å². The molecule has 0 saturated heterocycles. The van der Waals surface area contributed by atoms with E-state index >= 15 is 0 Å². The van der Waals surface area contributed by atoms with Gasteiger partial charge in [-0.3, -0.25) is 9.59 Å². The molecule has 0 radical (unpaired) electrons. The summed E-state index contributed by atoms with van der Waals surface area (Å²) in [5, 5.41) is 6.61. The summed E-state index contributed by atoms with van der Waals surface area (Å²) < 4.78 is 10.2. The van der Waals surface area contributed by atoms with Crippen molar-refractivity contribution in [1.82, 2.24) is 15.5 Å². The fourth-order valence-electron chi connectivity index (χ4n) is 2.38. The number of carbonyl (C=O) groups excluding carboxylic acids is 2. The number of esters is 1. The summed E-state index contributed by atoms with van der Waals surface area (Å²) >= 11 is 0. The van der Waals surface area contributed by atoms with Crippen molar-refractivity contribution in [3.05, 3.63) is 65.5 Å². The van der Waals surface area contributed by atoms with Crippen LogP contribution in [0.15, 0.2) is 53.1 Å². The minimum Gasteiger partial charge on any atom is -0.426 e. The lowest BCUT2D eigenvalue weighted by molar-refractivity contribution is -0.131. The van der Waals surface area contributed by atoms with Crippen molar-refractivity contribution in [2.45, 2.75) is 20.4 Å². The first-order valence-electron chi connectivity index (χ1n) is 7.98. The third-order valence-electron chi connectivity index (χ3n) is 3.53. The Morgan fingerprint density at radius 3 is 2.73 bits per heavy atom. The Balaban J connectivity index is 1.68. The predicted molar refractivity (Wildman–Crippen MR) is 93.4 cm³/mol. The molecule has 1 amide bonds. The molecule has 7 heteroatoms. The number of hydrogen-bond acceptors (Lipinski definition) is 6.